The number of aryl methyl sites for hydroxylation is 2. The maximum absolute atomic E-state index is 13.4. The number of ketones is 1. The van der Waals surface area contributed by atoms with Crippen molar-refractivity contribution in [1.29, 1.82) is 0 Å². The van der Waals surface area contributed by atoms with Crippen molar-refractivity contribution >= 4 is 29.2 Å². The zero-order valence-electron chi connectivity index (χ0n) is 21.0. The second-order valence-electron chi connectivity index (χ2n) is 9.34. The zero-order chi connectivity index (χ0) is 25.7. The number of carbonyl (C=O) groups excluding carboxylic acids is 3. The second kappa shape index (κ2) is 10.8. The van der Waals surface area contributed by atoms with Crippen LogP contribution in [0.3, 0.4) is 0 Å². The van der Waals surface area contributed by atoms with E-state index in [9.17, 15) is 14.4 Å². The van der Waals surface area contributed by atoms with Crippen LogP contribution in [0.5, 0.6) is 0 Å². The normalized spacial score (nSPS) is 16.7. The molecule has 0 fully saturated rings. The minimum absolute atomic E-state index is 0.0324. The van der Waals surface area contributed by atoms with E-state index in [4.69, 9.17) is 4.74 Å². The second-order valence-corrected chi connectivity index (χ2v) is 9.34. The van der Waals surface area contributed by atoms with Gasteiger partial charge in [-0.15, -0.1) is 0 Å². The van der Waals surface area contributed by atoms with Crippen LogP contribution >= 0.6 is 0 Å². The first-order valence-corrected chi connectivity index (χ1v) is 12.4. The molecule has 2 N–H and O–H groups in total. The van der Waals surface area contributed by atoms with E-state index in [0.29, 0.717) is 30.7 Å². The van der Waals surface area contributed by atoms with Crippen molar-refractivity contribution in [3.63, 3.8) is 0 Å². The Bertz CT molecular complexity index is 1270. The zero-order valence-corrected chi connectivity index (χ0v) is 21.0. The number of hydrogen-bond donors (Lipinski definition) is 2. The van der Waals surface area contributed by atoms with Crippen molar-refractivity contribution in [3.05, 3.63) is 83.4 Å². The molecule has 36 heavy (non-hydrogen) atoms. The van der Waals surface area contributed by atoms with Gasteiger partial charge in [0.25, 0.3) is 0 Å². The highest BCUT2D eigenvalue weighted by atomic mass is 16.5. The van der Waals surface area contributed by atoms with Crippen molar-refractivity contribution in [2.75, 3.05) is 17.2 Å². The topological polar surface area (TPSA) is 84.5 Å². The van der Waals surface area contributed by atoms with Crippen LogP contribution < -0.4 is 10.6 Å². The van der Waals surface area contributed by atoms with E-state index in [1.165, 1.54) is 0 Å². The van der Waals surface area contributed by atoms with Crippen molar-refractivity contribution < 1.29 is 19.1 Å². The Hall–Kier alpha value is -3.93. The van der Waals surface area contributed by atoms with Gasteiger partial charge in [0.2, 0.25) is 0 Å². The maximum Gasteiger partial charge on any atom is 0.323 e. The summed E-state index contributed by atoms with van der Waals surface area (Å²) in [6.07, 6.45) is 2.11. The molecule has 1 atom stereocenters. The molecule has 3 aromatic carbocycles. The van der Waals surface area contributed by atoms with E-state index >= 15 is 0 Å². The molecule has 186 valence electrons. The Kier molecular flexibility index (Phi) is 7.53. The fourth-order valence-corrected chi connectivity index (χ4v) is 4.77. The van der Waals surface area contributed by atoms with Crippen molar-refractivity contribution in [2.45, 2.75) is 46.5 Å². The number of carbonyl (C=O) groups is 3. The van der Waals surface area contributed by atoms with E-state index in [1.54, 1.807) is 6.92 Å². The molecule has 0 heterocycles. The molecule has 6 nitrogen and oxygen atoms in total. The van der Waals surface area contributed by atoms with Crippen molar-refractivity contribution in [3.8, 4) is 11.1 Å². The van der Waals surface area contributed by atoms with Gasteiger partial charge >= 0.3 is 12.0 Å². The van der Waals surface area contributed by atoms with Gasteiger partial charge in [0.1, 0.15) is 0 Å². The molecule has 1 aliphatic rings. The third-order valence-electron chi connectivity index (χ3n) is 6.95. The number of nitrogens with one attached hydrogen (secondary N) is 2. The molecule has 4 rings (SSSR count). The average molecular weight is 485 g/mol. The Morgan fingerprint density at radius 3 is 2.11 bits per heavy atom. The number of amides is 2. The van der Waals surface area contributed by atoms with Gasteiger partial charge in [-0.2, -0.15) is 0 Å². The fourth-order valence-electron chi connectivity index (χ4n) is 4.77. The quantitative estimate of drug-likeness (QED) is 0.362. The molecule has 0 spiro atoms. The summed E-state index contributed by atoms with van der Waals surface area (Å²) in [5, 5.41) is 5.67. The number of ether oxygens (including phenoxy) is 1. The molecule has 1 unspecified atom stereocenters. The molecule has 0 saturated heterocycles. The lowest BCUT2D eigenvalue weighted by atomic mass is 9.67. The first-order chi connectivity index (χ1) is 17.3. The summed E-state index contributed by atoms with van der Waals surface area (Å²) in [4.78, 5) is 37.9. The number of esters is 1. The highest BCUT2D eigenvalue weighted by molar-refractivity contribution is 6.05. The van der Waals surface area contributed by atoms with Gasteiger partial charge in [-0.05, 0) is 74.1 Å². The smallest absolute Gasteiger partial charge is 0.323 e. The summed E-state index contributed by atoms with van der Waals surface area (Å²) in [7, 11) is 0. The molecular formula is C30H32N2O4. The third-order valence-corrected chi connectivity index (χ3v) is 6.95. The van der Waals surface area contributed by atoms with Crippen LogP contribution in [-0.4, -0.2) is 24.4 Å². The van der Waals surface area contributed by atoms with Crippen LogP contribution in [-0.2, 0) is 16.0 Å². The minimum atomic E-state index is -0.687. The molecular weight excluding hydrogens is 452 g/mol. The number of benzene rings is 3. The number of Topliss-reactive ketones (excluding diaryl/α,β-unsaturated/α-hetero) is 1. The van der Waals surface area contributed by atoms with Gasteiger partial charge in [-0.1, -0.05) is 55.0 Å². The van der Waals surface area contributed by atoms with Gasteiger partial charge < -0.3 is 15.4 Å². The monoisotopic (exact) mass is 484 g/mol. The summed E-state index contributed by atoms with van der Waals surface area (Å²) in [5.74, 6) is -0.279. The summed E-state index contributed by atoms with van der Waals surface area (Å²) < 4.78 is 5.13. The predicted octanol–water partition coefficient (Wildman–Crippen LogP) is 6.78. The largest absolute Gasteiger partial charge is 0.466 e. The first-order valence-electron chi connectivity index (χ1n) is 12.4. The van der Waals surface area contributed by atoms with Gasteiger partial charge in [-0.25, -0.2) is 4.79 Å². The lowest BCUT2D eigenvalue weighted by Crippen LogP contribution is -2.38. The summed E-state index contributed by atoms with van der Waals surface area (Å²) in [6, 6.07) is 20.8. The van der Waals surface area contributed by atoms with Gasteiger partial charge in [0.05, 0.1) is 13.0 Å². The van der Waals surface area contributed by atoms with Gasteiger partial charge in [0, 0.05) is 22.4 Å². The molecule has 0 aromatic heterocycles. The van der Waals surface area contributed by atoms with Gasteiger partial charge in [-0.3, -0.25) is 9.59 Å². The fraction of sp³-hybridized carbons (Fsp3) is 0.300. The standard InChI is InChI=1S/C30H32N2O4/c1-4-30(19-27(33)36-5-2)17-16-23-18-22(10-15-26(23)28(30)34)21-8-13-25(14-9-21)32-29(35)31-24-11-6-20(3)7-12-24/h6-15,18H,4-5,16-17,19H2,1-3H3,(H2,31,32,35). The highest BCUT2D eigenvalue weighted by Gasteiger charge is 2.43. The van der Waals surface area contributed by atoms with Crippen LogP contribution in [0, 0.1) is 12.3 Å². The van der Waals surface area contributed by atoms with Crippen molar-refractivity contribution in [1.82, 2.24) is 0 Å². The summed E-state index contributed by atoms with van der Waals surface area (Å²) in [6.45, 7) is 6.06. The number of hydrogen-bond acceptors (Lipinski definition) is 4. The van der Waals surface area contributed by atoms with Crippen LogP contribution in [0.1, 0.15) is 54.6 Å². The lowest BCUT2D eigenvalue weighted by Gasteiger charge is -2.35. The highest BCUT2D eigenvalue weighted by Crippen LogP contribution is 2.42. The van der Waals surface area contributed by atoms with E-state index < -0.39 is 5.41 Å². The van der Waals surface area contributed by atoms with Crippen LogP contribution in [0.2, 0.25) is 0 Å². The number of anilines is 2. The average Bonchev–Trinajstić information content (AvgIpc) is 2.87. The van der Waals surface area contributed by atoms with Crippen LogP contribution in [0.25, 0.3) is 11.1 Å². The Morgan fingerprint density at radius 2 is 1.50 bits per heavy atom. The van der Waals surface area contributed by atoms with Crippen LogP contribution in [0.4, 0.5) is 16.2 Å². The lowest BCUT2D eigenvalue weighted by molar-refractivity contribution is -0.145. The third kappa shape index (κ3) is 5.48. The number of rotatable bonds is 7. The van der Waals surface area contributed by atoms with E-state index in [-0.39, 0.29) is 24.2 Å². The SMILES string of the molecule is CCOC(=O)CC1(CC)CCc2cc(-c3ccc(NC(=O)Nc4ccc(C)cc4)cc3)ccc2C1=O. The van der Waals surface area contributed by atoms with Crippen molar-refractivity contribution in [2.24, 2.45) is 5.41 Å². The first kappa shape index (κ1) is 25.2. The Balaban J connectivity index is 1.45. The van der Waals surface area contributed by atoms with E-state index in [1.807, 2.05) is 74.5 Å². The molecule has 0 radical (unpaired) electrons. The molecule has 3 aromatic rings. The predicted molar refractivity (Wildman–Crippen MR) is 142 cm³/mol. The van der Waals surface area contributed by atoms with Crippen LogP contribution in [0.15, 0.2) is 66.7 Å². The Labute approximate surface area is 212 Å². The summed E-state index contributed by atoms with van der Waals surface area (Å²) >= 11 is 0. The number of fused-ring (bicyclic) bond motifs is 1. The minimum Gasteiger partial charge on any atom is -0.466 e. The Morgan fingerprint density at radius 1 is 0.889 bits per heavy atom. The molecule has 1 aliphatic carbocycles. The number of urea groups is 1. The van der Waals surface area contributed by atoms with E-state index in [2.05, 4.69) is 16.7 Å². The molecule has 0 saturated carbocycles. The van der Waals surface area contributed by atoms with E-state index in [0.717, 1.165) is 34.4 Å². The molecule has 6 heteroatoms. The summed E-state index contributed by atoms with van der Waals surface area (Å²) in [5.41, 5.74) is 5.56. The molecule has 2 amide bonds. The maximum atomic E-state index is 13.4. The molecule has 0 aliphatic heterocycles. The molecule has 0 bridgehead atoms. The van der Waals surface area contributed by atoms with Gasteiger partial charge in [0.15, 0.2) is 5.78 Å².